The number of carbonyl (C=O) groups excluding carboxylic acids is 2. The maximum absolute atomic E-state index is 12.7. The van der Waals surface area contributed by atoms with Gasteiger partial charge >= 0.3 is 19.8 Å². The summed E-state index contributed by atoms with van der Waals surface area (Å²) in [7, 11) is 1.42. The van der Waals surface area contributed by atoms with Gasteiger partial charge in [0.25, 0.3) is 0 Å². The number of hydrogen-bond donors (Lipinski definition) is 1. The van der Waals surface area contributed by atoms with Gasteiger partial charge in [0.05, 0.1) is 40.0 Å². The molecule has 3 unspecified atom stereocenters. The molecular formula is C46H81NO9P+. The Kier molecular flexibility index (Phi) is 31.9. The Morgan fingerprint density at radius 2 is 1.12 bits per heavy atom. The summed E-state index contributed by atoms with van der Waals surface area (Å²) >= 11 is 0. The number of epoxide rings is 1. The van der Waals surface area contributed by atoms with E-state index in [1.807, 2.05) is 21.1 Å². The van der Waals surface area contributed by atoms with Gasteiger partial charge in [0, 0.05) is 12.8 Å². The minimum atomic E-state index is -4.40. The molecule has 0 aliphatic carbocycles. The Labute approximate surface area is 347 Å². The maximum atomic E-state index is 12.7. The third-order valence-electron chi connectivity index (χ3n) is 9.42. The number of unbranched alkanes of at least 4 members (excludes halogenated alkanes) is 12. The van der Waals surface area contributed by atoms with Gasteiger partial charge in [-0.3, -0.25) is 18.6 Å². The number of esters is 2. The Bertz CT molecular complexity index is 1220. The first kappa shape index (κ1) is 52.7. The molecule has 328 valence electrons. The molecule has 1 rings (SSSR count). The van der Waals surface area contributed by atoms with E-state index in [0.29, 0.717) is 36.1 Å². The molecule has 11 heteroatoms. The van der Waals surface area contributed by atoms with Crippen LogP contribution in [0.25, 0.3) is 0 Å². The second-order valence-electron chi connectivity index (χ2n) is 16.1. The van der Waals surface area contributed by atoms with Gasteiger partial charge in [-0.1, -0.05) is 120 Å². The Morgan fingerprint density at radius 1 is 0.632 bits per heavy atom. The van der Waals surface area contributed by atoms with Crippen molar-refractivity contribution >= 4 is 19.8 Å². The first-order valence-corrected chi connectivity index (χ1v) is 23.6. The monoisotopic (exact) mass is 823 g/mol. The number of phosphoric acid groups is 1. The van der Waals surface area contributed by atoms with Crippen LogP contribution in [-0.2, 0) is 37.4 Å². The van der Waals surface area contributed by atoms with Crippen molar-refractivity contribution < 1.29 is 46.8 Å². The summed E-state index contributed by atoms with van der Waals surface area (Å²) in [6.45, 7) is 4.26. The first-order chi connectivity index (χ1) is 27.5. The average molecular weight is 823 g/mol. The first-order valence-electron chi connectivity index (χ1n) is 22.1. The van der Waals surface area contributed by atoms with Gasteiger partial charge < -0.3 is 23.6 Å². The Balaban J connectivity index is 2.34. The largest absolute Gasteiger partial charge is 0.472 e. The van der Waals surface area contributed by atoms with Gasteiger partial charge in [-0.15, -0.1) is 0 Å². The third-order valence-corrected chi connectivity index (χ3v) is 10.4. The van der Waals surface area contributed by atoms with E-state index in [0.717, 1.165) is 70.6 Å². The summed E-state index contributed by atoms with van der Waals surface area (Å²) in [4.78, 5) is 35.4. The van der Waals surface area contributed by atoms with Crippen LogP contribution >= 0.6 is 7.82 Å². The molecule has 1 fully saturated rings. The van der Waals surface area contributed by atoms with E-state index in [4.69, 9.17) is 23.3 Å². The summed E-state index contributed by atoms with van der Waals surface area (Å²) in [6, 6.07) is 0. The van der Waals surface area contributed by atoms with Crippen LogP contribution < -0.4 is 0 Å². The molecule has 1 aliphatic heterocycles. The van der Waals surface area contributed by atoms with Crippen molar-refractivity contribution in [3.8, 4) is 0 Å². The number of allylic oxidation sites excluding steroid dienone is 8. The van der Waals surface area contributed by atoms with Gasteiger partial charge in [-0.2, -0.15) is 0 Å². The zero-order chi connectivity index (χ0) is 41.9. The molecule has 57 heavy (non-hydrogen) atoms. The van der Waals surface area contributed by atoms with Crippen molar-refractivity contribution in [1.82, 2.24) is 0 Å². The van der Waals surface area contributed by atoms with Crippen LogP contribution in [0, 0.1) is 0 Å². The van der Waals surface area contributed by atoms with E-state index in [-0.39, 0.29) is 26.1 Å². The molecule has 0 bridgehead atoms. The molecule has 0 aromatic rings. The van der Waals surface area contributed by atoms with E-state index in [2.05, 4.69) is 74.6 Å². The molecule has 0 spiro atoms. The number of phosphoric ester groups is 1. The number of hydrogen-bond acceptors (Lipinski definition) is 8. The van der Waals surface area contributed by atoms with Crippen LogP contribution in [0.1, 0.15) is 155 Å². The van der Waals surface area contributed by atoms with Crippen molar-refractivity contribution in [2.75, 3.05) is 47.5 Å². The number of likely N-dealkylation sites (N-methyl/N-ethyl adjacent to an activating group) is 1. The van der Waals surface area contributed by atoms with Crippen LogP contribution in [0.5, 0.6) is 0 Å². The van der Waals surface area contributed by atoms with Crippen molar-refractivity contribution in [2.24, 2.45) is 0 Å². The lowest BCUT2D eigenvalue weighted by Crippen LogP contribution is -2.37. The Hall–Kier alpha value is -2.33. The van der Waals surface area contributed by atoms with Crippen LogP contribution in [0.15, 0.2) is 60.8 Å². The molecule has 10 nitrogen and oxygen atoms in total. The predicted octanol–water partition coefficient (Wildman–Crippen LogP) is 11.5. The van der Waals surface area contributed by atoms with Crippen LogP contribution in [0.3, 0.4) is 0 Å². The van der Waals surface area contributed by atoms with Crippen LogP contribution in [0.4, 0.5) is 0 Å². The topological polar surface area (TPSA) is 121 Å². The predicted molar refractivity (Wildman–Crippen MR) is 233 cm³/mol. The lowest BCUT2D eigenvalue weighted by molar-refractivity contribution is -0.870. The highest BCUT2D eigenvalue weighted by Gasteiger charge is 2.36. The minimum Gasteiger partial charge on any atom is -0.462 e. The van der Waals surface area contributed by atoms with Crippen molar-refractivity contribution in [3.63, 3.8) is 0 Å². The van der Waals surface area contributed by atoms with Crippen LogP contribution in [-0.4, -0.2) is 87.1 Å². The number of nitrogens with zero attached hydrogens (tertiary/aromatic N) is 1. The highest BCUT2D eigenvalue weighted by Crippen LogP contribution is 2.43. The summed E-state index contributed by atoms with van der Waals surface area (Å²) in [5, 5.41) is 0. The van der Waals surface area contributed by atoms with Gasteiger partial charge in [0.1, 0.15) is 19.8 Å². The number of quaternary nitrogens is 1. The fourth-order valence-corrected chi connectivity index (χ4v) is 6.52. The van der Waals surface area contributed by atoms with Crippen LogP contribution in [0.2, 0.25) is 0 Å². The van der Waals surface area contributed by atoms with E-state index in [1.165, 1.54) is 44.9 Å². The lowest BCUT2D eigenvalue weighted by atomic mass is 10.1. The fraction of sp³-hybridized carbons (Fsp3) is 0.739. The molecule has 1 aliphatic rings. The fourth-order valence-electron chi connectivity index (χ4n) is 5.78. The number of rotatable bonds is 38. The standard InChI is InChI=1S/C46H80NO9P/c1-6-8-10-12-14-15-16-17-18-19-20-21-24-29-33-37-46(49)55-42(41-54-57(50,51)53-39-38-47(3,4)5)40-52-45(48)36-32-28-25-22-23-27-31-35-44-43(56-44)34-30-26-13-11-9-7-2/h14-15,17-18,22,25-27,30-31,42-44H,6-13,16,19-21,23-24,28-29,32-41H2,1-5H3/p+1/b15-14-,18-17-,25-22-,30-26-,31-27-/t42-,43?,44?/m1/s1. The average Bonchev–Trinajstić information content (AvgIpc) is 3.92. The highest BCUT2D eigenvalue weighted by atomic mass is 31.2. The molecule has 4 atom stereocenters. The molecule has 1 heterocycles. The molecule has 0 amide bonds. The van der Waals surface area contributed by atoms with E-state index in [1.54, 1.807) is 0 Å². The van der Waals surface area contributed by atoms with Crippen molar-refractivity contribution in [3.05, 3.63) is 60.8 Å². The van der Waals surface area contributed by atoms with E-state index >= 15 is 0 Å². The summed E-state index contributed by atoms with van der Waals surface area (Å²) in [5.41, 5.74) is 0. The molecule has 0 aromatic carbocycles. The molecule has 0 saturated carbocycles. The van der Waals surface area contributed by atoms with Crippen molar-refractivity contribution in [1.29, 1.82) is 0 Å². The summed E-state index contributed by atoms with van der Waals surface area (Å²) in [5.74, 6) is -0.891. The molecule has 0 radical (unpaired) electrons. The zero-order valence-electron chi connectivity index (χ0n) is 36.5. The highest BCUT2D eigenvalue weighted by molar-refractivity contribution is 7.47. The van der Waals surface area contributed by atoms with E-state index in [9.17, 15) is 19.0 Å². The van der Waals surface area contributed by atoms with Gasteiger partial charge in [-0.25, -0.2) is 4.57 Å². The smallest absolute Gasteiger partial charge is 0.462 e. The molecular weight excluding hydrogens is 741 g/mol. The summed E-state index contributed by atoms with van der Waals surface area (Å²) in [6.07, 6.45) is 43.0. The Morgan fingerprint density at radius 3 is 1.72 bits per heavy atom. The van der Waals surface area contributed by atoms with E-state index < -0.39 is 32.5 Å². The second kappa shape index (κ2) is 34.5. The normalized spacial score (nSPS) is 17.7. The van der Waals surface area contributed by atoms with Gasteiger partial charge in [-0.05, 0) is 83.5 Å². The quantitative estimate of drug-likeness (QED) is 0.0162. The molecule has 1 N–H and O–H groups in total. The SMILES string of the molecule is CCCCC/C=C\C/C=C\CCCCCCCC(=O)O[C@H](COC(=O)CCC/C=C\C/C=C\CC1OC1C/C=C\CCCCC)COP(=O)(O)OCC[N+](C)(C)C. The zero-order valence-corrected chi connectivity index (χ0v) is 37.4. The molecule has 0 aromatic heterocycles. The second-order valence-corrected chi connectivity index (χ2v) is 17.6. The number of carbonyl (C=O) groups is 2. The number of ether oxygens (including phenoxy) is 3. The van der Waals surface area contributed by atoms with Crippen molar-refractivity contribution in [2.45, 2.75) is 173 Å². The molecule has 1 saturated heterocycles. The lowest BCUT2D eigenvalue weighted by Gasteiger charge is -2.24. The van der Waals surface area contributed by atoms with Gasteiger partial charge in [0.15, 0.2) is 6.10 Å². The maximum Gasteiger partial charge on any atom is 0.472 e. The van der Waals surface area contributed by atoms with Gasteiger partial charge in [0.2, 0.25) is 0 Å². The third kappa shape index (κ3) is 35.3. The minimum absolute atomic E-state index is 0.0154. The summed E-state index contributed by atoms with van der Waals surface area (Å²) < 4.78 is 40.0.